The van der Waals surface area contributed by atoms with Gasteiger partial charge in [-0.3, -0.25) is 4.79 Å². The highest BCUT2D eigenvalue weighted by atomic mass is 16.5. The summed E-state index contributed by atoms with van der Waals surface area (Å²) < 4.78 is 10.3. The lowest BCUT2D eigenvalue weighted by atomic mass is 10.1. The van der Waals surface area contributed by atoms with Gasteiger partial charge in [-0.1, -0.05) is 5.16 Å². The highest BCUT2D eigenvalue weighted by molar-refractivity contribution is 5.94. The van der Waals surface area contributed by atoms with Gasteiger partial charge in [0.05, 0.1) is 5.56 Å². The molecular weight excluding hydrogens is 262 g/mol. The first kappa shape index (κ1) is 13.8. The van der Waals surface area contributed by atoms with Crippen molar-refractivity contribution in [1.29, 1.82) is 0 Å². The molecule has 6 heteroatoms. The maximum Gasteiger partial charge on any atom is 0.358 e. The third kappa shape index (κ3) is 2.85. The van der Waals surface area contributed by atoms with E-state index in [1.165, 1.54) is 6.92 Å². The van der Waals surface area contributed by atoms with Gasteiger partial charge in [0.25, 0.3) is 0 Å². The molecule has 0 aliphatic heterocycles. The van der Waals surface area contributed by atoms with Crippen molar-refractivity contribution in [2.24, 2.45) is 0 Å². The van der Waals surface area contributed by atoms with Crippen molar-refractivity contribution >= 4 is 11.8 Å². The van der Waals surface area contributed by atoms with E-state index in [9.17, 15) is 9.59 Å². The minimum Gasteiger partial charge on any atom is -0.489 e. The Kier molecular flexibility index (Phi) is 3.84. The van der Waals surface area contributed by atoms with E-state index in [-0.39, 0.29) is 18.1 Å². The topological polar surface area (TPSA) is 89.6 Å². The molecule has 0 saturated heterocycles. The van der Waals surface area contributed by atoms with Crippen LogP contribution in [0.3, 0.4) is 0 Å². The standard InChI is InChI=1S/C14H13NO5/c1-8(16)10-3-5-11(6-4-10)19-7-12-9(2)20-15-13(12)14(17)18/h3-6H,7H2,1-2H3,(H,17,18). The zero-order valence-electron chi connectivity index (χ0n) is 11.0. The highest BCUT2D eigenvalue weighted by Crippen LogP contribution is 2.18. The van der Waals surface area contributed by atoms with E-state index in [1.807, 2.05) is 0 Å². The molecular formula is C14H13NO5. The molecule has 0 saturated carbocycles. The number of ketones is 1. The lowest BCUT2D eigenvalue weighted by Gasteiger charge is -2.06. The number of carboxylic acids is 1. The average Bonchev–Trinajstić information content (AvgIpc) is 2.78. The second-order valence-electron chi connectivity index (χ2n) is 4.24. The molecule has 104 valence electrons. The van der Waals surface area contributed by atoms with Crippen LogP contribution in [0.2, 0.25) is 0 Å². The van der Waals surface area contributed by atoms with Crippen molar-refractivity contribution in [2.75, 3.05) is 0 Å². The molecule has 2 rings (SSSR count). The quantitative estimate of drug-likeness (QED) is 0.843. The molecule has 1 aromatic carbocycles. The minimum absolute atomic E-state index is 0.0282. The van der Waals surface area contributed by atoms with Gasteiger partial charge in [-0.05, 0) is 38.1 Å². The third-order valence-electron chi connectivity index (χ3n) is 2.83. The first-order chi connectivity index (χ1) is 9.49. The second-order valence-corrected chi connectivity index (χ2v) is 4.24. The summed E-state index contributed by atoms with van der Waals surface area (Å²) in [5.41, 5.74) is 0.834. The summed E-state index contributed by atoms with van der Waals surface area (Å²) in [4.78, 5) is 22.1. The van der Waals surface area contributed by atoms with E-state index in [2.05, 4.69) is 5.16 Å². The van der Waals surface area contributed by atoms with Crippen molar-refractivity contribution in [3.63, 3.8) is 0 Å². The van der Waals surface area contributed by atoms with Crippen molar-refractivity contribution in [2.45, 2.75) is 20.5 Å². The molecule has 0 unspecified atom stereocenters. The summed E-state index contributed by atoms with van der Waals surface area (Å²) in [6, 6.07) is 6.60. The van der Waals surface area contributed by atoms with E-state index in [0.717, 1.165) is 0 Å². The molecule has 1 aromatic heterocycles. The fourth-order valence-electron chi connectivity index (χ4n) is 1.67. The molecule has 0 aliphatic carbocycles. The summed E-state index contributed by atoms with van der Waals surface area (Å²) in [5.74, 6) is -0.248. The molecule has 0 atom stereocenters. The van der Waals surface area contributed by atoms with Crippen LogP contribution in [0.4, 0.5) is 0 Å². The van der Waals surface area contributed by atoms with Crippen LogP contribution in [-0.2, 0) is 6.61 Å². The summed E-state index contributed by atoms with van der Waals surface area (Å²) in [5, 5.41) is 12.4. The van der Waals surface area contributed by atoms with Crippen LogP contribution in [0, 0.1) is 6.92 Å². The molecule has 0 bridgehead atoms. The predicted octanol–water partition coefficient (Wildman–Crippen LogP) is 2.46. The van der Waals surface area contributed by atoms with Gasteiger partial charge in [0.15, 0.2) is 11.5 Å². The zero-order chi connectivity index (χ0) is 14.7. The smallest absolute Gasteiger partial charge is 0.358 e. The molecule has 6 nitrogen and oxygen atoms in total. The number of nitrogens with zero attached hydrogens (tertiary/aromatic N) is 1. The van der Waals surface area contributed by atoms with Crippen molar-refractivity contribution in [3.05, 3.63) is 46.8 Å². The normalized spacial score (nSPS) is 10.3. The Bertz CT molecular complexity index is 642. The highest BCUT2D eigenvalue weighted by Gasteiger charge is 2.19. The first-order valence-electron chi connectivity index (χ1n) is 5.91. The maximum absolute atomic E-state index is 11.1. The number of hydrogen-bond donors (Lipinski definition) is 1. The van der Waals surface area contributed by atoms with Crippen molar-refractivity contribution in [3.8, 4) is 5.75 Å². The zero-order valence-corrected chi connectivity index (χ0v) is 11.0. The number of ether oxygens (including phenoxy) is 1. The van der Waals surface area contributed by atoms with Gasteiger partial charge in [0.1, 0.15) is 18.1 Å². The predicted molar refractivity (Wildman–Crippen MR) is 69.0 cm³/mol. The van der Waals surface area contributed by atoms with Crippen LogP contribution in [0.5, 0.6) is 5.75 Å². The molecule has 1 heterocycles. The molecule has 0 radical (unpaired) electrons. The van der Waals surface area contributed by atoms with Crippen molar-refractivity contribution < 1.29 is 24.0 Å². The Morgan fingerprint density at radius 3 is 2.50 bits per heavy atom. The number of carbonyl (C=O) groups excluding carboxylic acids is 1. The lowest BCUT2D eigenvalue weighted by molar-refractivity contribution is 0.0683. The summed E-state index contributed by atoms with van der Waals surface area (Å²) >= 11 is 0. The number of aromatic carboxylic acids is 1. The number of carboxylic acid groups (broad SMARTS) is 1. The summed E-state index contributed by atoms with van der Waals surface area (Å²) in [7, 11) is 0. The van der Waals surface area contributed by atoms with Gasteiger partial charge in [-0.25, -0.2) is 4.79 Å². The fourth-order valence-corrected chi connectivity index (χ4v) is 1.67. The van der Waals surface area contributed by atoms with Crippen LogP contribution in [0.1, 0.15) is 39.1 Å². The van der Waals surface area contributed by atoms with Crippen LogP contribution >= 0.6 is 0 Å². The molecule has 0 amide bonds. The number of benzene rings is 1. The van der Waals surface area contributed by atoms with E-state index < -0.39 is 5.97 Å². The first-order valence-corrected chi connectivity index (χ1v) is 5.91. The molecule has 0 aliphatic rings. The van der Waals surface area contributed by atoms with Gasteiger partial charge in [-0.2, -0.15) is 0 Å². The van der Waals surface area contributed by atoms with Crippen LogP contribution < -0.4 is 4.74 Å². The molecule has 20 heavy (non-hydrogen) atoms. The number of aryl methyl sites for hydroxylation is 1. The molecule has 0 fully saturated rings. The van der Waals surface area contributed by atoms with Gasteiger partial charge in [0.2, 0.25) is 0 Å². The Balaban J connectivity index is 2.11. The van der Waals surface area contributed by atoms with Crippen LogP contribution in [0.15, 0.2) is 28.8 Å². The Morgan fingerprint density at radius 1 is 1.30 bits per heavy atom. The van der Waals surface area contributed by atoms with E-state index in [0.29, 0.717) is 22.6 Å². The minimum atomic E-state index is -1.16. The van der Waals surface area contributed by atoms with E-state index >= 15 is 0 Å². The van der Waals surface area contributed by atoms with Crippen LogP contribution in [0.25, 0.3) is 0 Å². The molecule has 1 N–H and O–H groups in total. The number of carbonyl (C=O) groups is 2. The summed E-state index contributed by atoms with van der Waals surface area (Å²) in [6.45, 7) is 3.14. The van der Waals surface area contributed by atoms with Crippen molar-refractivity contribution in [1.82, 2.24) is 5.16 Å². The van der Waals surface area contributed by atoms with Crippen LogP contribution in [-0.4, -0.2) is 22.0 Å². The number of aromatic nitrogens is 1. The lowest BCUT2D eigenvalue weighted by Crippen LogP contribution is -2.05. The van der Waals surface area contributed by atoms with Gasteiger partial charge in [0, 0.05) is 5.56 Å². The number of rotatable bonds is 5. The second kappa shape index (κ2) is 5.56. The van der Waals surface area contributed by atoms with E-state index in [4.69, 9.17) is 14.4 Å². The fraction of sp³-hybridized carbons (Fsp3) is 0.214. The third-order valence-corrected chi connectivity index (χ3v) is 2.83. The summed E-state index contributed by atoms with van der Waals surface area (Å²) in [6.07, 6.45) is 0. The number of Topliss-reactive ketones (excluding diaryl/α,β-unsaturated/α-hetero) is 1. The van der Waals surface area contributed by atoms with E-state index in [1.54, 1.807) is 31.2 Å². The molecule has 2 aromatic rings. The SMILES string of the molecule is CC(=O)c1ccc(OCc2c(C(=O)O)noc2C)cc1. The Morgan fingerprint density at radius 2 is 1.95 bits per heavy atom. The Labute approximate surface area is 115 Å². The average molecular weight is 275 g/mol. The van der Waals surface area contributed by atoms with Gasteiger partial charge in [-0.15, -0.1) is 0 Å². The largest absolute Gasteiger partial charge is 0.489 e. The monoisotopic (exact) mass is 275 g/mol. The van der Waals surface area contributed by atoms with Gasteiger partial charge >= 0.3 is 5.97 Å². The maximum atomic E-state index is 11.1. The van der Waals surface area contributed by atoms with Gasteiger partial charge < -0.3 is 14.4 Å². The number of hydrogen-bond acceptors (Lipinski definition) is 5. The Hall–Kier alpha value is -2.63. The molecule has 0 spiro atoms.